The summed E-state index contributed by atoms with van der Waals surface area (Å²) in [7, 11) is 0. The van der Waals surface area contributed by atoms with Gasteiger partial charge >= 0.3 is 0 Å². The van der Waals surface area contributed by atoms with Crippen molar-refractivity contribution < 1.29 is 4.79 Å². The van der Waals surface area contributed by atoms with Crippen LogP contribution in [0, 0.1) is 5.41 Å². The lowest BCUT2D eigenvalue weighted by molar-refractivity contribution is 0.0968. The highest BCUT2D eigenvalue weighted by atomic mass is 16.1. The van der Waals surface area contributed by atoms with E-state index >= 15 is 0 Å². The second-order valence-electron chi connectivity index (χ2n) is 4.83. The average Bonchev–Trinajstić information content (AvgIpc) is 2.22. The van der Waals surface area contributed by atoms with E-state index in [1.807, 2.05) is 24.3 Å². The van der Waals surface area contributed by atoms with Crippen LogP contribution in [-0.2, 0) is 0 Å². The third-order valence-corrected chi connectivity index (χ3v) is 2.97. The average molecular weight is 200 g/mol. The van der Waals surface area contributed by atoms with E-state index in [-0.39, 0.29) is 11.2 Å². The first-order chi connectivity index (χ1) is 7.08. The molecule has 0 amide bonds. The molecule has 0 saturated carbocycles. The largest absolute Gasteiger partial charge is 0.294 e. The first-order valence-electron chi connectivity index (χ1n) is 5.40. The Bertz CT molecular complexity index is 413. The second kappa shape index (κ2) is 3.65. The Morgan fingerprint density at radius 2 is 1.93 bits per heavy atom. The van der Waals surface area contributed by atoms with Gasteiger partial charge in [0.2, 0.25) is 0 Å². The summed E-state index contributed by atoms with van der Waals surface area (Å²) in [5.41, 5.74) is 2.04. The van der Waals surface area contributed by atoms with Gasteiger partial charge in [0.1, 0.15) is 0 Å². The van der Waals surface area contributed by atoms with Crippen LogP contribution in [0.2, 0.25) is 0 Å². The fraction of sp³-hybridized carbons (Fsp3) is 0.357. The molecule has 1 nitrogen and oxygen atoms in total. The molecule has 2 rings (SSSR count). The molecule has 0 heterocycles. The highest BCUT2D eigenvalue weighted by Gasteiger charge is 2.20. The third kappa shape index (κ3) is 2.17. The Morgan fingerprint density at radius 3 is 2.73 bits per heavy atom. The topological polar surface area (TPSA) is 17.1 Å². The van der Waals surface area contributed by atoms with Gasteiger partial charge in [-0.15, -0.1) is 0 Å². The van der Waals surface area contributed by atoms with Crippen molar-refractivity contribution in [3.05, 3.63) is 41.5 Å². The fourth-order valence-corrected chi connectivity index (χ4v) is 1.87. The van der Waals surface area contributed by atoms with Crippen LogP contribution in [0.5, 0.6) is 0 Å². The minimum Gasteiger partial charge on any atom is -0.294 e. The zero-order valence-electron chi connectivity index (χ0n) is 9.29. The summed E-state index contributed by atoms with van der Waals surface area (Å²) in [5, 5.41) is 0. The number of benzene rings is 1. The Hall–Kier alpha value is -1.37. The summed E-state index contributed by atoms with van der Waals surface area (Å²) in [6.07, 6.45) is 5.86. The molecule has 1 aliphatic carbocycles. The van der Waals surface area contributed by atoms with Crippen LogP contribution in [0.3, 0.4) is 0 Å². The zero-order chi connectivity index (χ0) is 10.9. The molecule has 0 N–H and O–H groups in total. The van der Waals surface area contributed by atoms with Crippen LogP contribution in [0.4, 0.5) is 0 Å². The third-order valence-electron chi connectivity index (χ3n) is 2.97. The van der Waals surface area contributed by atoms with Crippen LogP contribution < -0.4 is 0 Å². The van der Waals surface area contributed by atoms with E-state index in [1.165, 1.54) is 0 Å². The molecule has 0 radical (unpaired) electrons. The Balaban J connectivity index is 2.49. The fourth-order valence-electron chi connectivity index (χ4n) is 1.87. The van der Waals surface area contributed by atoms with E-state index in [9.17, 15) is 4.79 Å². The minimum absolute atomic E-state index is 0.128. The predicted octanol–water partition coefficient (Wildman–Crippen LogP) is 3.70. The van der Waals surface area contributed by atoms with Crippen LogP contribution in [0.25, 0.3) is 6.08 Å². The standard InChI is InChI=1S/C14H16O/c1-14(2)9-7-11-5-3-4-6-12(11)13(15)8-10-14/h3-7,9H,8,10H2,1-2H3/b9-7-. The highest BCUT2D eigenvalue weighted by Crippen LogP contribution is 2.29. The minimum atomic E-state index is 0.128. The molecule has 0 aromatic heterocycles. The van der Waals surface area contributed by atoms with E-state index in [4.69, 9.17) is 0 Å². The van der Waals surface area contributed by atoms with Gasteiger partial charge in [0.15, 0.2) is 5.78 Å². The quantitative estimate of drug-likeness (QED) is 0.624. The molecule has 0 bridgehead atoms. The van der Waals surface area contributed by atoms with E-state index in [1.54, 1.807) is 0 Å². The predicted molar refractivity (Wildman–Crippen MR) is 62.8 cm³/mol. The Morgan fingerprint density at radius 1 is 1.20 bits per heavy atom. The summed E-state index contributed by atoms with van der Waals surface area (Å²) < 4.78 is 0. The van der Waals surface area contributed by atoms with Crippen molar-refractivity contribution in [2.24, 2.45) is 5.41 Å². The second-order valence-corrected chi connectivity index (χ2v) is 4.83. The van der Waals surface area contributed by atoms with E-state index in [0.717, 1.165) is 17.5 Å². The molecule has 78 valence electrons. The van der Waals surface area contributed by atoms with Crippen molar-refractivity contribution in [3.8, 4) is 0 Å². The molecule has 0 unspecified atom stereocenters. The maximum absolute atomic E-state index is 11.9. The summed E-state index contributed by atoms with van der Waals surface area (Å²) in [5.74, 6) is 0.267. The number of hydrogen-bond donors (Lipinski definition) is 0. The normalized spacial score (nSPS) is 21.3. The number of Topliss-reactive ketones (excluding diaryl/α,β-unsaturated/α-hetero) is 1. The SMILES string of the molecule is CC1(C)/C=C\c2ccccc2C(=O)CC1. The van der Waals surface area contributed by atoms with Crippen LogP contribution in [0.15, 0.2) is 30.3 Å². The number of hydrogen-bond acceptors (Lipinski definition) is 1. The molecular weight excluding hydrogens is 184 g/mol. The Labute approximate surface area is 90.8 Å². The Kier molecular flexibility index (Phi) is 2.47. The van der Waals surface area contributed by atoms with Crippen molar-refractivity contribution in [2.45, 2.75) is 26.7 Å². The van der Waals surface area contributed by atoms with Crippen molar-refractivity contribution in [2.75, 3.05) is 0 Å². The lowest BCUT2D eigenvalue weighted by Crippen LogP contribution is -2.13. The number of rotatable bonds is 0. The first kappa shape index (κ1) is 10.2. The maximum Gasteiger partial charge on any atom is 0.163 e. The summed E-state index contributed by atoms with van der Waals surface area (Å²) in [6.45, 7) is 4.34. The van der Waals surface area contributed by atoms with Gasteiger partial charge in [0.05, 0.1) is 0 Å². The van der Waals surface area contributed by atoms with Gasteiger partial charge in [-0.2, -0.15) is 0 Å². The molecule has 0 saturated heterocycles. The van der Waals surface area contributed by atoms with Crippen molar-refractivity contribution in [1.29, 1.82) is 0 Å². The molecule has 15 heavy (non-hydrogen) atoms. The molecule has 1 heteroatoms. The van der Waals surface area contributed by atoms with Gasteiger partial charge in [-0.1, -0.05) is 50.3 Å². The molecule has 1 aliphatic rings. The first-order valence-corrected chi connectivity index (χ1v) is 5.40. The monoisotopic (exact) mass is 200 g/mol. The number of carbonyl (C=O) groups is 1. The van der Waals surface area contributed by atoms with E-state index < -0.39 is 0 Å². The summed E-state index contributed by atoms with van der Waals surface area (Å²) >= 11 is 0. The number of allylic oxidation sites excluding steroid dienone is 1. The highest BCUT2D eigenvalue weighted by molar-refractivity contribution is 5.99. The van der Waals surface area contributed by atoms with Crippen LogP contribution in [0.1, 0.15) is 42.6 Å². The van der Waals surface area contributed by atoms with Gasteiger partial charge in [-0.25, -0.2) is 0 Å². The summed E-state index contributed by atoms with van der Waals surface area (Å²) in [6, 6.07) is 7.83. The maximum atomic E-state index is 11.9. The van der Waals surface area contributed by atoms with E-state index in [0.29, 0.717) is 6.42 Å². The van der Waals surface area contributed by atoms with Gasteiger partial charge in [0, 0.05) is 12.0 Å². The van der Waals surface area contributed by atoms with Crippen molar-refractivity contribution in [3.63, 3.8) is 0 Å². The molecule has 0 atom stereocenters. The number of carbonyl (C=O) groups excluding carboxylic acids is 1. The van der Waals surface area contributed by atoms with Crippen LogP contribution >= 0.6 is 0 Å². The number of ketones is 1. The van der Waals surface area contributed by atoms with E-state index in [2.05, 4.69) is 26.0 Å². The summed E-state index contributed by atoms with van der Waals surface area (Å²) in [4.78, 5) is 11.9. The van der Waals surface area contributed by atoms with Crippen LogP contribution in [-0.4, -0.2) is 5.78 Å². The smallest absolute Gasteiger partial charge is 0.163 e. The van der Waals surface area contributed by atoms with Crippen molar-refractivity contribution >= 4 is 11.9 Å². The number of fused-ring (bicyclic) bond motifs is 1. The molecule has 0 aliphatic heterocycles. The van der Waals surface area contributed by atoms with Gasteiger partial charge in [-0.3, -0.25) is 4.79 Å². The van der Waals surface area contributed by atoms with Crippen molar-refractivity contribution in [1.82, 2.24) is 0 Å². The van der Waals surface area contributed by atoms with Gasteiger partial charge in [0.25, 0.3) is 0 Å². The van der Waals surface area contributed by atoms with Gasteiger partial charge in [-0.05, 0) is 17.4 Å². The molecule has 1 aromatic rings. The van der Waals surface area contributed by atoms with Gasteiger partial charge < -0.3 is 0 Å². The lowest BCUT2D eigenvalue weighted by atomic mass is 9.82. The molecule has 1 aromatic carbocycles. The zero-order valence-corrected chi connectivity index (χ0v) is 9.29. The molecule has 0 fully saturated rings. The molecule has 0 spiro atoms. The lowest BCUT2D eigenvalue weighted by Gasteiger charge is -2.22. The molecular formula is C14H16O.